The molecular formula is C24H27N7O2. The summed E-state index contributed by atoms with van der Waals surface area (Å²) in [5, 5.41) is 8.90. The van der Waals surface area contributed by atoms with Crippen molar-refractivity contribution in [2.45, 2.75) is 0 Å². The molecule has 2 aromatic heterocycles. The average Bonchev–Trinajstić information content (AvgIpc) is 3.29. The Morgan fingerprint density at radius 2 is 1.70 bits per heavy atom. The minimum atomic E-state index is 0.669. The number of hydrogen-bond acceptors (Lipinski definition) is 8. The first-order valence-electron chi connectivity index (χ1n) is 10.9. The summed E-state index contributed by atoms with van der Waals surface area (Å²) in [6, 6.07) is 15.6. The number of likely N-dealkylation sites (N-methyl/N-ethyl adjacent to an activating group) is 1. The summed E-state index contributed by atoms with van der Waals surface area (Å²) < 4.78 is 12.8. The molecule has 0 saturated carbocycles. The van der Waals surface area contributed by atoms with Crippen LogP contribution in [0.25, 0.3) is 16.7 Å². The van der Waals surface area contributed by atoms with Crippen LogP contribution in [-0.4, -0.2) is 72.1 Å². The molecule has 0 aliphatic carbocycles. The normalized spacial score (nSPS) is 14.5. The molecule has 33 heavy (non-hydrogen) atoms. The maximum absolute atomic E-state index is 5.56. The molecule has 0 atom stereocenters. The monoisotopic (exact) mass is 445 g/mol. The van der Waals surface area contributed by atoms with Gasteiger partial charge in [-0.15, -0.1) is 0 Å². The van der Waals surface area contributed by atoms with Crippen molar-refractivity contribution >= 4 is 28.5 Å². The zero-order valence-electron chi connectivity index (χ0n) is 19.0. The van der Waals surface area contributed by atoms with E-state index in [0.717, 1.165) is 54.3 Å². The Morgan fingerprint density at radius 3 is 2.42 bits per heavy atom. The van der Waals surface area contributed by atoms with E-state index in [-0.39, 0.29) is 0 Å². The van der Waals surface area contributed by atoms with Crippen LogP contribution in [0.15, 0.2) is 54.7 Å². The number of rotatable bonds is 6. The van der Waals surface area contributed by atoms with Gasteiger partial charge in [0.05, 0.1) is 37.2 Å². The Bertz CT molecular complexity index is 1250. The largest absolute Gasteiger partial charge is 0.497 e. The SMILES string of the molecule is COc1ccc(OC)c(Nc2nc(N3CCN(C)CC3)nc3c2cnn3-c2ccccc2)c1. The molecule has 5 rings (SSSR count). The van der Waals surface area contributed by atoms with Crippen LogP contribution >= 0.6 is 0 Å². The van der Waals surface area contributed by atoms with Crippen LogP contribution in [-0.2, 0) is 0 Å². The van der Waals surface area contributed by atoms with Crippen molar-refractivity contribution in [2.24, 2.45) is 0 Å². The number of aromatic nitrogens is 4. The van der Waals surface area contributed by atoms with Gasteiger partial charge in [-0.1, -0.05) is 18.2 Å². The van der Waals surface area contributed by atoms with E-state index >= 15 is 0 Å². The molecule has 0 bridgehead atoms. The number of anilines is 3. The highest BCUT2D eigenvalue weighted by Gasteiger charge is 2.21. The molecule has 9 nitrogen and oxygen atoms in total. The number of piperazine rings is 1. The fraction of sp³-hybridized carbons (Fsp3) is 0.292. The van der Waals surface area contributed by atoms with Crippen molar-refractivity contribution in [1.29, 1.82) is 0 Å². The summed E-state index contributed by atoms with van der Waals surface area (Å²) in [6.07, 6.45) is 1.80. The molecule has 170 valence electrons. The van der Waals surface area contributed by atoms with E-state index in [1.165, 1.54) is 0 Å². The molecule has 2 aromatic carbocycles. The highest BCUT2D eigenvalue weighted by Crippen LogP contribution is 2.34. The lowest BCUT2D eigenvalue weighted by Gasteiger charge is -2.32. The smallest absolute Gasteiger partial charge is 0.229 e. The van der Waals surface area contributed by atoms with E-state index in [1.54, 1.807) is 20.4 Å². The molecule has 1 saturated heterocycles. The predicted molar refractivity (Wildman–Crippen MR) is 129 cm³/mol. The van der Waals surface area contributed by atoms with Crippen LogP contribution in [0.5, 0.6) is 11.5 Å². The van der Waals surface area contributed by atoms with E-state index in [0.29, 0.717) is 17.5 Å². The van der Waals surface area contributed by atoms with E-state index in [2.05, 4.69) is 27.3 Å². The van der Waals surface area contributed by atoms with Gasteiger partial charge in [-0.2, -0.15) is 15.1 Å². The van der Waals surface area contributed by atoms with Crippen molar-refractivity contribution in [3.8, 4) is 17.2 Å². The van der Waals surface area contributed by atoms with Crippen molar-refractivity contribution < 1.29 is 9.47 Å². The maximum Gasteiger partial charge on any atom is 0.229 e. The number of benzene rings is 2. The average molecular weight is 446 g/mol. The van der Waals surface area contributed by atoms with Crippen molar-refractivity contribution in [1.82, 2.24) is 24.6 Å². The molecule has 1 N–H and O–H groups in total. The first-order valence-corrected chi connectivity index (χ1v) is 10.9. The van der Waals surface area contributed by atoms with Gasteiger partial charge in [0.1, 0.15) is 17.3 Å². The van der Waals surface area contributed by atoms with Crippen molar-refractivity contribution in [2.75, 3.05) is 57.7 Å². The van der Waals surface area contributed by atoms with Gasteiger partial charge in [-0.25, -0.2) is 4.68 Å². The second-order valence-corrected chi connectivity index (χ2v) is 7.98. The Balaban J connectivity index is 1.63. The summed E-state index contributed by atoms with van der Waals surface area (Å²) >= 11 is 0. The van der Waals surface area contributed by atoms with Crippen molar-refractivity contribution in [3.63, 3.8) is 0 Å². The lowest BCUT2D eigenvalue weighted by atomic mass is 10.2. The molecule has 1 fully saturated rings. The first-order chi connectivity index (χ1) is 16.2. The summed E-state index contributed by atoms with van der Waals surface area (Å²) in [6.45, 7) is 3.66. The number of hydrogen-bond donors (Lipinski definition) is 1. The minimum Gasteiger partial charge on any atom is -0.497 e. The molecule has 1 aliphatic rings. The molecule has 0 amide bonds. The van der Waals surface area contributed by atoms with Crippen LogP contribution in [0, 0.1) is 0 Å². The molecule has 0 unspecified atom stereocenters. The second kappa shape index (κ2) is 8.95. The lowest BCUT2D eigenvalue weighted by Crippen LogP contribution is -2.45. The molecular weight excluding hydrogens is 418 g/mol. The molecule has 0 spiro atoms. The third-order valence-electron chi connectivity index (χ3n) is 5.86. The number of fused-ring (bicyclic) bond motifs is 1. The summed E-state index contributed by atoms with van der Waals surface area (Å²) in [4.78, 5) is 14.4. The fourth-order valence-electron chi connectivity index (χ4n) is 3.94. The first kappa shape index (κ1) is 21.0. The Kier molecular flexibility index (Phi) is 5.70. The fourth-order valence-corrected chi connectivity index (χ4v) is 3.94. The Morgan fingerprint density at radius 1 is 0.909 bits per heavy atom. The number of nitrogens with one attached hydrogen (secondary N) is 1. The summed E-state index contributed by atoms with van der Waals surface area (Å²) in [5.41, 5.74) is 2.45. The standard InChI is InChI=1S/C24H27N7O2/c1-29-11-13-30(14-12-29)24-27-22(26-20-15-18(32-2)9-10-21(20)33-3)19-16-25-31(23(19)28-24)17-7-5-4-6-8-17/h4-10,15-16H,11-14H2,1-3H3,(H,26,27,28). The van der Waals surface area contributed by atoms with Crippen LogP contribution in [0.2, 0.25) is 0 Å². The maximum atomic E-state index is 5.56. The molecule has 1 aliphatic heterocycles. The molecule has 3 heterocycles. The third-order valence-corrected chi connectivity index (χ3v) is 5.86. The van der Waals surface area contributed by atoms with E-state index in [9.17, 15) is 0 Å². The number of methoxy groups -OCH3 is 2. The second-order valence-electron chi connectivity index (χ2n) is 7.98. The zero-order chi connectivity index (χ0) is 22.8. The topological polar surface area (TPSA) is 80.6 Å². The minimum absolute atomic E-state index is 0.669. The van der Waals surface area contributed by atoms with Crippen LogP contribution in [0.4, 0.5) is 17.5 Å². The van der Waals surface area contributed by atoms with E-state index in [4.69, 9.17) is 19.4 Å². The van der Waals surface area contributed by atoms with Gasteiger partial charge >= 0.3 is 0 Å². The van der Waals surface area contributed by atoms with E-state index < -0.39 is 0 Å². The molecule has 0 radical (unpaired) electrons. The number of ether oxygens (including phenoxy) is 2. The predicted octanol–water partition coefficient (Wildman–Crippen LogP) is 3.33. The number of nitrogens with zero attached hydrogens (tertiary/aromatic N) is 6. The lowest BCUT2D eigenvalue weighted by molar-refractivity contribution is 0.311. The molecule has 9 heteroatoms. The van der Waals surface area contributed by atoms with Gasteiger partial charge in [0.25, 0.3) is 0 Å². The van der Waals surface area contributed by atoms with Crippen LogP contribution < -0.4 is 19.7 Å². The summed E-state index contributed by atoms with van der Waals surface area (Å²) in [7, 11) is 5.42. The Hall–Kier alpha value is -3.85. The highest BCUT2D eigenvalue weighted by molar-refractivity contribution is 5.91. The highest BCUT2D eigenvalue weighted by atomic mass is 16.5. The van der Waals surface area contributed by atoms with Crippen molar-refractivity contribution in [3.05, 3.63) is 54.7 Å². The van der Waals surface area contributed by atoms with Crippen LogP contribution in [0.1, 0.15) is 0 Å². The number of para-hydroxylation sites is 1. The van der Waals surface area contributed by atoms with Gasteiger partial charge < -0.3 is 24.6 Å². The third kappa shape index (κ3) is 4.14. The molecule has 4 aromatic rings. The van der Waals surface area contributed by atoms with Gasteiger partial charge in [-0.05, 0) is 31.3 Å². The summed E-state index contributed by atoms with van der Waals surface area (Å²) in [5.74, 6) is 2.77. The van der Waals surface area contributed by atoms with Gasteiger partial charge in [0.15, 0.2) is 5.65 Å². The van der Waals surface area contributed by atoms with Gasteiger partial charge in [-0.3, -0.25) is 0 Å². The van der Waals surface area contributed by atoms with Gasteiger partial charge in [0, 0.05) is 32.2 Å². The zero-order valence-corrected chi connectivity index (χ0v) is 19.0. The Labute approximate surface area is 192 Å². The quantitative estimate of drug-likeness (QED) is 0.484. The van der Waals surface area contributed by atoms with Gasteiger partial charge in [0.2, 0.25) is 5.95 Å². The van der Waals surface area contributed by atoms with E-state index in [1.807, 2.05) is 53.2 Å². The van der Waals surface area contributed by atoms with Crippen LogP contribution in [0.3, 0.4) is 0 Å².